The Balaban J connectivity index is 0.000001000. The van der Waals surface area contributed by atoms with Crippen molar-refractivity contribution in [2.24, 2.45) is 5.92 Å². The molecule has 1 fully saturated rings. The van der Waals surface area contributed by atoms with Crippen LogP contribution in [0.15, 0.2) is 36.8 Å². The van der Waals surface area contributed by atoms with Gasteiger partial charge in [-0.2, -0.15) is 0 Å². The van der Waals surface area contributed by atoms with Crippen LogP contribution in [0.1, 0.15) is 23.6 Å². The molecule has 1 heterocycles. The van der Waals surface area contributed by atoms with Crippen molar-refractivity contribution in [3.05, 3.63) is 53.1 Å². The number of nitrogens with zero attached hydrogens (tertiary/aromatic N) is 1. The largest absolute Gasteiger partial charge is 0.348 e. The van der Waals surface area contributed by atoms with Crippen molar-refractivity contribution in [1.29, 1.82) is 0 Å². The Labute approximate surface area is 136 Å². The van der Waals surface area contributed by atoms with E-state index in [1.54, 1.807) is 6.33 Å². The van der Waals surface area contributed by atoms with Crippen LogP contribution in [0.4, 0.5) is 0 Å². The summed E-state index contributed by atoms with van der Waals surface area (Å²) >= 11 is 5.85. The summed E-state index contributed by atoms with van der Waals surface area (Å²) in [6.45, 7) is 1.97. The Hall–Kier alpha value is -0.740. The van der Waals surface area contributed by atoms with Gasteiger partial charge < -0.3 is 10.3 Å². The van der Waals surface area contributed by atoms with Gasteiger partial charge >= 0.3 is 0 Å². The Morgan fingerprint density at radius 3 is 2.65 bits per heavy atom. The molecule has 0 bridgehead atoms. The Kier molecular flexibility index (Phi) is 6.83. The first-order valence-corrected chi connectivity index (χ1v) is 6.64. The number of aromatic nitrogens is 2. The highest BCUT2D eigenvalue weighted by Gasteiger charge is 2.38. The van der Waals surface area contributed by atoms with Crippen molar-refractivity contribution in [3.63, 3.8) is 0 Å². The molecule has 2 aromatic rings. The fourth-order valence-electron chi connectivity index (χ4n) is 2.33. The molecule has 20 heavy (non-hydrogen) atoms. The number of imidazole rings is 1. The monoisotopic (exact) mass is 333 g/mol. The summed E-state index contributed by atoms with van der Waals surface area (Å²) in [7, 11) is 0. The number of hydrogen-bond donors (Lipinski definition) is 2. The lowest BCUT2D eigenvalue weighted by atomic mass is 10.2. The molecule has 1 aromatic heterocycles. The van der Waals surface area contributed by atoms with E-state index in [1.165, 1.54) is 17.7 Å². The van der Waals surface area contributed by atoms with Crippen LogP contribution < -0.4 is 5.32 Å². The first-order valence-electron chi connectivity index (χ1n) is 6.26. The maximum atomic E-state index is 5.85. The Bertz CT molecular complexity index is 499. The Morgan fingerprint density at radius 1 is 1.25 bits per heavy atom. The molecule has 1 saturated carbocycles. The number of halogens is 3. The van der Waals surface area contributed by atoms with Gasteiger partial charge in [0.05, 0.1) is 6.33 Å². The third-order valence-electron chi connectivity index (χ3n) is 3.49. The summed E-state index contributed by atoms with van der Waals surface area (Å²) in [5.41, 5.74) is 2.55. The second kappa shape index (κ2) is 7.89. The van der Waals surface area contributed by atoms with Crippen LogP contribution in [-0.2, 0) is 6.54 Å². The van der Waals surface area contributed by atoms with E-state index in [4.69, 9.17) is 11.6 Å². The minimum Gasteiger partial charge on any atom is -0.348 e. The van der Waals surface area contributed by atoms with Crippen LogP contribution in [0.3, 0.4) is 0 Å². The molecule has 0 saturated heterocycles. The molecule has 1 aliphatic rings. The van der Waals surface area contributed by atoms with E-state index in [0.29, 0.717) is 5.92 Å². The molecule has 0 radical (unpaired) electrons. The smallest absolute Gasteiger partial charge is 0.0921 e. The molecule has 0 amide bonds. The van der Waals surface area contributed by atoms with Crippen LogP contribution in [0.25, 0.3) is 0 Å². The van der Waals surface area contributed by atoms with Crippen LogP contribution in [0.5, 0.6) is 0 Å². The molecular formula is C14H18Cl3N3. The van der Waals surface area contributed by atoms with E-state index in [-0.39, 0.29) is 24.8 Å². The number of nitrogens with one attached hydrogen (secondary N) is 2. The van der Waals surface area contributed by atoms with Gasteiger partial charge in [0.1, 0.15) is 0 Å². The third kappa shape index (κ3) is 4.38. The van der Waals surface area contributed by atoms with Crippen LogP contribution in [-0.4, -0.2) is 16.5 Å². The van der Waals surface area contributed by atoms with E-state index in [0.717, 1.165) is 24.0 Å². The molecule has 2 N–H and O–H groups in total. The summed E-state index contributed by atoms with van der Waals surface area (Å²) in [5, 5.41) is 4.29. The van der Waals surface area contributed by atoms with Crippen molar-refractivity contribution in [3.8, 4) is 0 Å². The summed E-state index contributed by atoms with van der Waals surface area (Å²) in [6.07, 6.45) is 4.95. The number of rotatable bonds is 5. The number of hydrogen-bond acceptors (Lipinski definition) is 2. The summed E-state index contributed by atoms with van der Waals surface area (Å²) in [6, 6.07) is 8.00. The zero-order valence-corrected chi connectivity index (χ0v) is 13.3. The number of aromatic amines is 1. The molecule has 1 aliphatic carbocycles. The molecule has 2 atom stereocenters. The average Bonchev–Trinajstić information content (AvgIpc) is 2.94. The van der Waals surface area contributed by atoms with E-state index in [1.807, 2.05) is 18.3 Å². The lowest BCUT2D eigenvalue weighted by molar-refractivity contribution is 0.625. The molecule has 6 heteroatoms. The normalized spacial score (nSPS) is 19.9. The molecular weight excluding hydrogens is 317 g/mol. The second-order valence-electron chi connectivity index (χ2n) is 4.87. The minimum atomic E-state index is 0. The second-order valence-corrected chi connectivity index (χ2v) is 5.30. The van der Waals surface area contributed by atoms with Gasteiger partial charge in [0, 0.05) is 29.4 Å². The van der Waals surface area contributed by atoms with E-state index in [2.05, 4.69) is 27.4 Å². The van der Waals surface area contributed by atoms with E-state index >= 15 is 0 Å². The zero-order valence-electron chi connectivity index (χ0n) is 10.9. The number of benzene rings is 1. The first-order chi connectivity index (χ1) is 8.83. The molecule has 3 nitrogen and oxygen atoms in total. The maximum Gasteiger partial charge on any atom is 0.0921 e. The third-order valence-corrected chi connectivity index (χ3v) is 3.74. The molecule has 110 valence electrons. The predicted octanol–water partition coefficient (Wildman–Crippen LogP) is 3.80. The topological polar surface area (TPSA) is 40.7 Å². The average molecular weight is 335 g/mol. The van der Waals surface area contributed by atoms with Gasteiger partial charge in [-0.15, -0.1) is 24.8 Å². The van der Waals surface area contributed by atoms with Crippen molar-refractivity contribution >= 4 is 36.4 Å². The lowest BCUT2D eigenvalue weighted by Gasteiger charge is -2.04. The van der Waals surface area contributed by atoms with Crippen molar-refractivity contribution < 1.29 is 0 Å². The summed E-state index contributed by atoms with van der Waals surface area (Å²) in [5.74, 6) is 1.42. The van der Waals surface area contributed by atoms with Crippen LogP contribution in [0.2, 0.25) is 5.02 Å². The summed E-state index contributed by atoms with van der Waals surface area (Å²) in [4.78, 5) is 7.26. The molecule has 1 aromatic carbocycles. The highest BCUT2D eigenvalue weighted by atomic mass is 35.5. The van der Waals surface area contributed by atoms with Crippen molar-refractivity contribution in [2.45, 2.75) is 18.9 Å². The highest BCUT2D eigenvalue weighted by Crippen LogP contribution is 2.45. The predicted molar refractivity (Wildman–Crippen MR) is 87.1 cm³/mol. The van der Waals surface area contributed by atoms with E-state index < -0.39 is 0 Å². The highest BCUT2D eigenvalue weighted by molar-refractivity contribution is 6.30. The standard InChI is InChI=1S/C14H16ClN3.2ClH/c15-12-3-1-10(2-4-12)6-16-7-11-5-13(11)14-8-17-9-18-14;;/h1-4,8-9,11,13,16H,5-7H2,(H,17,18);2*1H/t11-,13+;;/m1../s1. The molecule has 0 aliphatic heterocycles. The van der Waals surface area contributed by atoms with E-state index in [9.17, 15) is 0 Å². The fraction of sp³-hybridized carbons (Fsp3) is 0.357. The van der Waals surface area contributed by atoms with Crippen molar-refractivity contribution in [1.82, 2.24) is 15.3 Å². The quantitative estimate of drug-likeness (QED) is 0.873. The lowest BCUT2D eigenvalue weighted by Crippen LogP contribution is -2.16. The van der Waals surface area contributed by atoms with Crippen LogP contribution in [0, 0.1) is 5.92 Å². The van der Waals surface area contributed by atoms with Gasteiger partial charge in [-0.1, -0.05) is 23.7 Å². The van der Waals surface area contributed by atoms with Crippen LogP contribution >= 0.6 is 36.4 Å². The maximum absolute atomic E-state index is 5.85. The van der Waals surface area contributed by atoms with Gasteiger partial charge in [-0.25, -0.2) is 4.98 Å². The number of H-pyrrole nitrogens is 1. The fourth-order valence-corrected chi connectivity index (χ4v) is 2.45. The van der Waals surface area contributed by atoms with Crippen molar-refractivity contribution in [2.75, 3.05) is 6.54 Å². The molecule has 0 unspecified atom stereocenters. The van der Waals surface area contributed by atoms with Gasteiger partial charge in [-0.05, 0) is 36.6 Å². The molecule has 3 rings (SSSR count). The summed E-state index contributed by atoms with van der Waals surface area (Å²) < 4.78 is 0. The van der Waals surface area contributed by atoms with Gasteiger partial charge in [-0.3, -0.25) is 0 Å². The van der Waals surface area contributed by atoms with Gasteiger partial charge in [0.25, 0.3) is 0 Å². The van der Waals surface area contributed by atoms with Gasteiger partial charge in [0.15, 0.2) is 0 Å². The zero-order chi connectivity index (χ0) is 12.4. The minimum absolute atomic E-state index is 0. The van der Waals surface area contributed by atoms with Gasteiger partial charge in [0.2, 0.25) is 0 Å². The first kappa shape index (κ1) is 17.3. The molecule has 0 spiro atoms. The Morgan fingerprint density at radius 2 is 2.00 bits per heavy atom. The SMILES string of the molecule is Cl.Cl.Clc1ccc(CNC[C@H]2C[C@@H]2c2cnc[nH]2)cc1.